The predicted molar refractivity (Wildman–Crippen MR) is 121 cm³/mol. The Balaban J connectivity index is 1.80. The van der Waals surface area contributed by atoms with Crippen LogP contribution < -0.4 is 24.4 Å². The highest BCUT2D eigenvalue weighted by atomic mass is 32.1. The number of rotatable bonds is 5. The first-order valence-corrected chi connectivity index (χ1v) is 10.5. The van der Waals surface area contributed by atoms with Crippen LogP contribution >= 0.6 is 12.2 Å². The third-order valence-electron chi connectivity index (χ3n) is 5.19. The third-order valence-corrected chi connectivity index (χ3v) is 5.49. The molecule has 4 rings (SSSR count). The number of ether oxygens (including phenoxy) is 4. The van der Waals surface area contributed by atoms with Gasteiger partial charge in [0, 0.05) is 11.8 Å². The molecule has 0 amide bonds. The summed E-state index contributed by atoms with van der Waals surface area (Å²) >= 11 is 5.71. The fourth-order valence-corrected chi connectivity index (χ4v) is 4.13. The topological polar surface area (TPSA) is 69.3 Å². The SMILES string of the molecule is CCOC(=O)C1=C(C)N(c2ccc3c(c2)OCCO3)C(=S)N[C@@H]1c1cccc(OC)c1. The number of allylic oxidation sites excluding steroid dienone is 1. The lowest BCUT2D eigenvalue weighted by Crippen LogP contribution is -2.48. The summed E-state index contributed by atoms with van der Waals surface area (Å²) in [4.78, 5) is 14.8. The maximum Gasteiger partial charge on any atom is 0.338 e. The van der Waals surface area contributed by atoms with Crippen LogP contribution in [0.15, 0.2) is 53.7 Å². The van der Waals surface area contributed by atoms with Crippen molar-refractivity contribution in [1.29, 1.82) is 0 Å². The zero-order valence-electron chi connectivity index (χ0n) is 17.6. The Labute approximate surface area is 186 Å². The van der Waals surface area contributed by atoms with Crippen LogP contribution in [-0.2, 0) is 9.53 Å². The van der Waals surface area contributed by atoms with Gasteiger partial charge in [-0.1, -0.05) is 12.1 Å². The zero-order valence-corrected chi connectivity index (χ0v) is 18.5. The van der Waals surface area contributed by atoms with E-state index in [9.17, 15) is 4.79 Å². The largest absolute Gasteiger partial charge is 0.497 e. The van der Waals surface area contributed by atoms with Crippen molar-refractivity contribution in [1.82, 2.24) is 5.32 Å². The van der Waals surface area contributed by atoms with Crippen LogP contribution in [0.1, 0.15) is 25.5 Å². The van der Waals surface area contributed by atoms with Crippen molar-refractivity contribution in [3.63, 3.8) is 0 Å². The molecule has 0 saturated carbocycles. The van der Waals surface area contributed by atoms with Gasteiger partial charge in [0.05, 0.1) is 31.0 Å². The predicted octanol–water partition coefficient (Wildman–Crippen LogP) is 3.74. The zero-order chi connectivity index (χ0) is 22.0. The normalized spacial score (nSPS) is 17.8. The van der Waals surface area contributed by atoms with E-state index in [4.69, 9.17) is 31.2 Å². The molecule has 0 fully saturated rings. The van der Waals surface area contributed by atoms with E-state index in [1.165, 1.54) is 0 Å². The minimum absolute atomic E-state index is 0.273. The molecule has 0 unspecified atom stereocenters. The van der Waals surface area contributed by atoms with Gasteiger partial charge in [-0.05, 0) is 55.9 Å². The molecular formula is C23H24N2O5S. The van der Waals surface area contributed by atoms with Crippen LogP contribution in [0.25, 0.3) is 0 Å². The Morgan fingerprint density at radius 2 is 1.97 bits per heavy atom. The number of thiocarbonyl (C=S) groups is 1. The molecule has 2 aromatic rings. The van der Waals surface area contributed by atoms with Gasteiger partial charge in [-0.2, -0.15) is 0 Å². The van der Waals surface area contributed by atoms with Gasteiger partial charge in [0.2, 0.25) is 0 Å². The first kappa shape index (κ1) is 21.0. The fourth-order valence-electron chi connectivity index (χ4n) is 3.77. The Kier molecular flexibility index (Phi) is 5.99. The summed E-state index contributed by atoms with van der Waals surface area (Å²) in [7, 11) is 1.61. The summed E-state index contributed by atoms with van der Waals surface area (Å²) in [6.45, 7) is 4.93. The van der Waals surface area contributed by atoms with E-state index in [0.29, 0.717) is 46.8 Å². The highest BCUT2D eigenvalue weighted by Crippen LogP contribution is 2.39. The molecule has 31 heavy (non-hydrogen) atoms. The van der Waals surface area contributed by atoms with Crippen LogP contribution in [0.2, 0.25) is 0 Å². The molecule has 0 bridgehead atoms. The lowest BCUT2D eigenvalue weighted by atomic mass is 9.94. The molecule has 0 aromatic heterocycles. The van der Waals surface area contributed by atoms with Crippen molar-refractivity contribution in [2.24, 2.45) is 0 Å². The van der Waals surface area contributed by atoms with Gasteiger partial charge in [0.15, 0.2) is 16.6 Å². The maximum absolute atomic E-state index is 13.0. The Bertz CT molecular complexity index is 1050. The molecule has 0 radical (unpaired) electrons. The highest BCUT2D eigenvalue weighted by Gasteiger charge is 2.36. The summed E-state index contributed by atoms with van der Waals surface area (Å²) in [6, 6.07) is 12.7. The van der Waals surface area contributed by atoms with Gasteiger partial charge < -0.3 is 24.3 Å². The summed E-state index contributed by atoms with van der Waals surface area (Å²) in [5.41, 5.74) is 2.79. The second-order valence-corrected chi connectivity index (χ2v) is 7.43. The van der Waals surface area contributed by atoms with Crippen molar-refractivity contribution >= 4 is 29.0 Å². The van der Waals surface area contributed by atoms with Crippen LogP contribution in [0, 0.1) is 0 Å². The highest BCUT2D eigenvalue weighted by molar-refractivity contribution is 7.80. The quantitative estimate of drug-likeness (QED) is 0.557. The first-order valence-electron chi connectivity index (χ1n) is 10.1. The lowest BCUT2D eigenvalue weighted by Gasteiger charge is -2.37. The molecule has 0 saturated heterocycles. The van der Waals surface area contributed by atoms with Crippen LogP contribution in [0.3, 0.4) is 0 Å². The molecule has 8 heteroatoms. The Morgan fingerprint density at radius 1 is 1.19 bits per heavy atom. The fraction of sp³-hybridized carbons (Fsp3) is 0.304. The second-order valence-electron chi connectivity index (χ2n) is 7.04. The molecule has 2 heterocycles. The number of benzene rings is 2. The summed E-state index contributed by atoms with van der Waals surface area (Å²) in [6.07, 6.45) is 0. The second kappa shape index (κ2) is 8.85. The average molecular weight is 441 g/mol. The molecule has 1 N–H and O–H groups in total. The number of esters is 1. The van der Waals surface area contributed by atoms with Gasteiger partial charge in [0.1, 0.15) is 19.0 Å². The number of hydrogen-bond acceptors (Lipinski definition) is 6. The van der Waals surface area contributed by atoms with E-state index in [2.05, 4.69) is 5.32 Å². The molecule has 162 valence electrons. The maximum atomic E-state index is 13.0. The van der Waals surface area contributed by atoms with E-state index in [0.717, 1.165) is 11.3 Å². The van der Waals surface area contributed by atoms with Gasteiger partial charge in [-0.3, -0.25) is 4.90 Å². The summed E-state index contributed by atoms with van der Waals surface area (Å²) in [5, 5.41) is 3.77. The van der Waals surface area contributed by atoms with E-state index in [-0.39, 0.29) is 6.61 Å². The van der Waals surface area contributed by atoms with E-state index < -0.39 is 12.0 Å². The standard InChI is InChI=1S/C23H24N2O5S/c1-4-28-22(26)20-14(2)25(16-8-9-18-19(13-16)30-11-10-29-18)23(31)24-21(20)15-6-5-7-17(12-15)27-3/h5-9,12-13,21H,4,10-11H2,1-3H3,(H,24,31)/t21-/m1/s1. The number of nitrogens with one attached hydrogen (secondary N) is 1. The van der Waals surface area contributed by atoms with Gasteiger partial charge in [0.25, 0.3) is 0 Å². The monoisotopic (exact) mass is 440 g/mol. The third kappa shape index (κ3) is 4.03. The van der Waals surface area contributed by atoms with Gasteiger partial charge in [-0.15, -0.1) is 0 Å². The van der Waals surface area contributed by atoms with Crippen LogP contribution in [-0.4, -0.2) is 38.0 Å². The van der Waals surface area contributed by atoms with E-state index >= 15 is 0 Å². The minimum Gasteiger partial charge on any atom is -0.497 e. The smallest absolute Gasteiger partial charge is 0.338 e. The van der Waals surface area contributed by atoms with Crippen molar-refractivity contribution < 1.29 is 23.7 Å². The number of hydrogen-bond donors (Lipinski definition) is 1. The lowest BCUT2D eigenvalue weighted by molar-refractivity contribution is -0.139. The summed E-state index contributed by atoms with van der Waals surface area (Å²) in [5.74, 6) is 1.63. The van der Waals surface area contributed by atoms with Gasteiger partial charge >= 0.3 is 5.97 Å². The number of anilines is 1. The van der Waals surface area contributed by atoms with Crippen molar-refractivity contribution in [2.75, 3.05) is 31.8 Å². The van der Waals surface area contributed by atoms with E-state index in [1.54, 1.807) is 14.0 Å². The number of carbonyl (C=O) groups excluding carboxylic acids is 1. The molecule has 2 aromatic carbocycles. The van der Waals surface area contributed by atoms with Crippen molar-refractivity contribution in [2.45, 2.75) is 19.9 Å². The molecule has 0 aliphatic carbocycles. The Hall–Kier alpha value is -3.26. The average Bonchev–Trinajstić information content (AvgIpc) is 2.78. The minimum atomic E-state index is -0.463. The van der Waals surface area contributed by atoms with Gasteiger partial charge in [-0.25, -0.2) is 4.79 Å². The number of nitrogens with zero attached hydrogens (tertiary/aromatic N) is 1. The van der Waals surface area contributed by atoms with E-state index in [1.807, 2.05) is 54.3 Å². The number of methoxy groups -OCH3 is 1. The number of carbonyl (C=O) groups is 1. The molecule has 2 aliphatic heterocycles. The van der Waals surface area contributed by atoms with Crippen molar-refractivity contribution in [3.05, 3.63) is 59.3 Å². The molecular weight excluding hydrogens is 416 g/mol. The first-order chi connectivity index (χ1) is 15.0. The molecule has 1 atom stereocenters. The molecule has 2 aliphatic rings. The number of fused-ring (bicyclic) bond motifs is 1. The summed E-state index contributed by atoms with van der Waals surface area (Å²) < 4.78 is 22.1. The molecule has 0 spiro atoms. The van der Waals surface area contributed by atoms with Crippen molar-refractivity contribution in [3.8, 4) is 17.2 Å². The van der Waals surface area contributed by atoms with Crippen LogP contribution in [0.4, 0.5) is 5.69 Å². The molecule has 7 nitrogen and oxygen atoms in total. The Morgan fingerprint density at radius 3 is 2.71 bits per heavy atom. The van der Waals surface area contributed by atoms with Crippen LogP contribution in [0.5, 0.6) is 17.2 Å².